The second-order valence-electron chi connectivity index (χ2n) is 8.41. The van der Waals surface area contributed by atoms with E-state index in [1.54, 1.807) is 5.57 Å². The van der Waals surface area contributed by atoms with Gasteiger partial charge in [-0.3, -0.25) is 0 Å². The zero-order valence-corrected chi connectivity index (χ0v) is 14.6. The van der Waals surface area contributed by atoms with Crippen LogP contribution in [0.1, 0.15) is 59.8 Å². The summed E-state index contributed by atoms with van der Waals surface area (Å²) in [4.78, 5) is 0. The molecule has 124 valence electrons. The predicted octanol–water partition coefficient (Wildman–Crippen LogP) is 4.08. The monoisotopic (exact) mass is 304 g/mol. The van der Waals surface area contributed by atoms with E-state index in [4.69, 9.17) is 0 Å². The maximum absolute atomic E-state index is 10.8. The molecule has 0 saturated heterocycles. The minimum absolute atomic E-state index is 0.103. The second-order valence-corrected chi connectivity index (χ2v) is 8.41. The van der Waals surface area contributed by atoms with Crippen molar-refractivity contribution in [1.82, 2.24) is 0 Å². The lowest BCUT2D eigenvalue weighted by Crippen LogP contribution is -2.32. The van der Waals surface area contributed by atoms with Crippen molar-refractivity contribution in [2.24, 2.45) is 29.1 Å². The Balaban J connectivity index is 2.10. The normalized spacial score (nSPS) is 44.4. The zero-order valence-electron chi connectivity index (χ0n) is 14.6. The summed E-state index contributed by atoms with van der Waals surface area (Å²) in [6, 6.07) is 0. The molecule has 2 nitrogen and oxygen atoms in total. The predicted molar refractivity (Wildman–Crippen MR) is 90.4 cm³/mol. The van der Waals surface area contributed by atoms with Gasteiger partial charge in [0.1, 0.15) is 0 Å². The summed E-state index contributed by atoms with van der Waals surface area (Å²) >= 11 is 0. The van der Waals surface area contributed by atoms with Crippen molar-refractivity contribution in [1.29, 1.82) is 0 Å². The third-order valence-corrected chi connectivity index (χ3v) is 6.77. The smallest absolute Gasteiger partial charge is 0.0608 e. The fraction of sp³-hybridized carbons (Fsp3) is 0.800. The fourth-order valence-electron chi connectivity index (χ4n) is 5.26. The molecule has 0 amide bonds. The van der Waals surface area contributed by atoms with Crippen molar-refractivity contribution in [3.05, 3.63) is 22.8 Å². The molecule has 5 atom stereocenters. The van der Waals surface area contributed by atoms with Gasteiger partial charge in [-0.2, -0.15) is 0 Å². The van der Waals surface area contributed by atoms with Crippen LogP contribution >= 0.6 is 0 Å². The summed E-state index contributed by atoms with van der Waals surface area (Å²) in [6.45, 7) is 9.39. The van der Waals surface area contributed by atoms with E-state index in [0.717, 1.165) is 19.3 Å². The van der Waals surface area contributed by atoms with E-state index in [9.17, 15) is 10.2 Å². The Morgan fingerprint density at radius 3 is 2.68 bits per heavy atom. The van der Waals surface area contributed by atoms with Gasteiger partial charge >= 0.3 is 0 Å². The molecule has 0 aliphatic heterocycles. The van der Waals surface area contributed by atoms with E-state index in [-0.39, 0.29) is 18.1 Å². The highest BCUT2D eigenvalue weighted by Gasteiger charge is 2.44. The van der Waals surface area contributed by atoms with Crippen molar-refractivity contribution in [2.75, 3.05) is 6.61 Å². The molecule has 3 aliphatic carbocycles. The number of rotatable bonds is 2. The van der Waals surface area contributed by atoms with E-state index in [1.807, 2.05) is 0 Å². The van der Waals surface area contributed by atoms with Gasteiger partial charge in [0.2, 0.25) is 0 Å². The van der Waals surface area contributed by atoms with Gasteiger partial charge in [-0.05, 0) is 49.9 Å². The van der Waals surface area contributed by atoms with Crippen LogP contribution in [0.25, 0.3) is 0 Å². The summed E-state index contributed by atoms with van der Waals surface area (Å²) in [5.41, 5.74) is 4.62. The van der Waals surface area contributed by atoms with Crippen molar-refractivity contribution in [3.63, 3.8) is 0 Å². The fourth-order valence-corrected chi connectivity index (χ4v) is 5.26. The first-order valence-corrected chi connectivity index (χ1v) is 9.11. The molecule has 0 unspecified atom stereocenters. The quantitative estimate of drug-likeness (QED) is 0.755. The molecule has 1 saturated carbocycles. The van der Waals surface area contributed by atoms with Crippen LogP contribution in [0.2, 0.25) is 0 Å². The van der Waals surface area contributed by atoms with E-state index >= 15 is 0 Å². The van der Waals surface area contributed by atoms with Gasteiger partial charge < -0.3 is 10.2 Å². The van der Waals surface area contributed by atoms with Gasteiger partial charge in [0.05, 0.1) is 6.10 Å². The van der Waals surface area contributed by atoms with Gasteiger partial charge in [0, 0.05) is 17.9 Å². The maximum Gasteiger partial charge on any atom is 0.0608 e. The molecular weight excluding hydrogens is 272 g/mol. The molecule has 3 aliphatic rings. The molecule has 0 heterocycles. The lowest BCUT2D eigenvalue weighted by atomic mass is 9.70. The number of hydrogen-bond acceptors (Lipinski definition) is 2. The number of aliphatic hydroxyl groups excluding tert-OH is 2. The van der Waals surface area contributed by atoms with Crippen LogP contribution in [0, 0.1) is 29.1 Å². The minimum atomic E-state index is -0.243. The standard InChI is InChI=1S/C20H32O2/c1-12(2)15-7-8-20(4)10-17-14(11-21)5-6-16(17)13(3)19(22)9-18(15)20/h10,12-14,16,19,21-22H,5-9,11H2,1-4H3/b17-10-/t13-,14-,16+,19+,20-/m1/s1. The SMILES string of the molecule is CC(C)C1=C2C[C@H](O)[C@H](C)[C@@H]3CC[C@H](CO)/C3=C/[C@@]2(C)CC1. The van der Waals surface area contributed by atoms with Crippen LogP contribution < -0.4 is 0 Å². The van der Waals surface area contributed by atoms with Gasteiger partial charge in [-0.15, -0.1) is 0 Å². The molecule has 2 N–H and O–H groups in total. The molecule has 0 spiro atoms. The number of allylic oxidation sites excluding steroid dienone is 2. The van der Waals surface area contributed by atoms with Crippen LogP contribution in [0.5, 0.6) is 0 Å². The minimum Gasteiger partial charge on any atom is -0.396 e. The third-order valence-electron chi connectivity index (χ3n) is 6.77. The first-order valence-electron chi connectivity index (χ1n) is 9.11. The average molecular weight is 304 g/mol. The Kier molecular flexibility index (Phi) is 4.28. The van der Waals surface area contributed by atoms with E-state index < -0.39 is 0 Å². The Hall–Kier alpha value is -0.600. The number of fused-ring (bicyclic) bond motifs is 2. The van der Waals surface area contributed by atoms with Crippen molar-refractivity contribution < 1.29 is 10.2 Å². The van der Waals surface area contributed by atoms with Gasteiger partial charge in [0.25, 0.3) is 0 Å². The lowest BCUT2D eigenvalue weighted by Gasteiger charge is -2.37. The van der Waals surface area contributed by atoms with Gasteiger partial charge in [-0.25, -0.2) is 0 Å². The second kappa shape index (κ2) is 5.79. The molecule has 0 radical (unpaired) electrons. The summed E-state index contributed by atoms with van der Waals surface area (Å²) in [6.07, 6.45) is 7.66. The molecule has 0 aromatic carbocycles. The molecule has 0 bridgehead atoms. The van der Waals surface area contributed by atoms with Crippen LogP contribution in [0.3, 0.4) is 0 Å². The Morgan fingerprint density at radius 1 is 1.32 bits per heavy atom. The average Bonchev–Trinajstić information content (AvgIpc) is 2.99. The van der Waals surface area contributed by atoms with Crippen molar-refractivity contribution in [3.8, 4) is 0 Å². The van der Waals surface area contributed by atoms with E-state index in [1.165, 1.54) is 24.0 Å². The number of hydrogen-bond donors (Lipinski definition) is 2. The number of aliphatic hydroxyl groups is 2. The van der Waals surface area contributed by atoms with Gasteiger partial charge in [0.15, 0.2) is 0 Å². The largest absolute Gasteiger partial charge is 0.396 e. The van der Waals surface area contributed by atoms with Gasteiger partial charge in [-0.1, -0.05) is 50.5 Å². The molecular formula is C20H32O2. The first kappa shape index (κ1) is 16.3. The Bertz CT molecular complexity index is 502. The van der Waals surface area contributed by atoms with E-state index in [0.29, 0.717) is 23.7 Å². The van der Waals surface area contributed by atoms with Crippen LogP contribution in [0.4, 0.5) is 0 Å². The van der Waals surface area contributed by atoms with Crippen molar-refractivity contribution >= 4 is 0 Å². The highest BCUT2D eigenvalue weighted by Crippen LogP contribution is 2.54. The zero-order chi connectivity index (χ0) is 16.1. The van der Waals surface area contributed by atoms with Crippen LogP contribution in [-0.2, 0) is 0 Å². The molecule has 2 heteroatoms. The topological polar surface area (TPSA) is 40.5 Å². The highest BCUT2D eigenvalue weighted by atomic mass is 16.3. The molecule has 22 heavy (non-hydrogen) atoms. The molecule has 0 aromatic rings. The van der Waals surface area contributed by atoms with Crippen molar-refractivity contribution in [2.45, 2.75) is 65.9 Å². The van der Waals surface area contributed by atoms with Crippen LogP contribution in [0.15, 0.2) is 22.8 Å². The summed E-state index contributed by atoms with van der Waals surface area (Å²) in [5.74, 6) is 1.66. The highest BCUT2D eigenvalue weighted by molar-refractivity contribution is 5.38. The summed E-state index contributed by atoms with van der Waals surface area (Å²) < 4.78 is 0. The maximum atomic E-state index is 10.8. The van der Waals surface area contributed by atoms with E-state index in [2.05, 4.69) is 33.8 Å². The Labute approximate surface area is 135 Å². The lowest BCUT2D eigenvalue weighted by molar-refractivity contribution is 0.0857. The molecule has 1 fully saturated rings. The first-order chi connectivity index (χ1) is 10.4. The molecule has 0 aromatic heterocycles. The molecule has 3 rings (SSSR count). The van der Waals surface area contributed by atoms with Crippen LogP contribution in [-0.4, -0.2) is 22.9 Å². The third kappa shape index (κ3) is 2.49. The Morgan fingerprint density at radius 2 is 2.05 bits per heavy atom. The summed E-state index contributed by atoms with van der Waals surface area (Å²) in [7, 11) is 0. The summed E-state index contributed by atoms with van der Waals surface area (Å²) in [5, 5.41) is 20.6.